The monoisotopic (exact) mass is 468 g/mol. The number of nitrogens with one attached hydrogen (secondary N) is 2. The predicted molar refractivity (Wildman–Crippen MR) is 134 cm³/mol. The van der Waals surface area contributed by atoms with E-state index < -0.39 is 0 Å². The number of amides is 1. The minimum atomic E-state index is -0.0569. The molecule has 7 heteroatoms. The van der Waals surface area contributed by atoms with Crippen molar-refractivity contribution in [2.45, 2.75) is 19.3 Å². The maximum Gasteiger partial charge on any atom is 0.251 e. The lowest BCUT2D eigenvalue weighted by Crippen LogP contribution is -2.44. The highest BCUT2D eigenvalue weighted by Gasteiger charge is 2.13. The summed E-state index contributed by atoms with van der Waals surface area (Å²) in [6.07, 6.45) is 4.77. The van der Waals surface area contributed by atoms with Gasteiger partial charge in [0.15, 0.2) is 0 Å². The molecule has 2 heterocycles. The standard InChI is InChI=1S/C26H33ClN4O2/c1-30-13-15-31(16-14-30)12-3-17-33-23-8-5-20(6-9-23)26(32)28-11-2-4-21-19-29-25-10-7-22(27)18-24(21)25/h5-10,18-19,29H,2-4,11-17H2,1H3,(H,28,32). The fourth-order valence-electron chi connectivity index (χ4n) is 4.19. The van der Waals surface area contributed by atoms with Gasteiger partial charge >= 0.3 is 0 Å². The molecular formula is C26H33ClN4O2. The molecule has 33 heavy (non-hydrogen) atoms. The van der Waals surface area contributed by atoms with E-state index in [0.29, 0.717) is 18.7 Å². The number of piperazine rings is 1. The Morgan fingerprint density at radius 2 is 1.88 bits per heavy atom. The van der Waals surface area contributed by atoms with E-state index in [-0.39, 0.29) is 5.91 Å². The van der Waals surface area contributed by atoms with Crippen LogP contribution in [0, 0.1) is 0 Å². The van der Waals surface area contributed by atoms with E-state index in [0.717, 1.165) is 73.7 Å². The van der Waals surface area contributed by atoms with E-state index in [4.69, 9.17) is 16.3 Å². The number of hydrogen-bond donors (Lipinski definition) is 2. The minimum absolute atomic E-state index is 0.0569. The van der Waals surface area contributed by atoms with Crippen LogP contribution in [0.3, 0.4) is 0 Å². The van der Waals surface area contributed by atoms with Crippen LogP contribution in [0.2, 0.25) is 5.02 Å². The molecule has 4 rings (SSSR count). The molecule has 1 aliphatic heterocycles. The minimum Gasteiger partial charge on any atom is -0.494 e. The zero-order valence-corrected chi connectivity index (χ0v) is 20.0. The number of nitrogens with zero attached hydrogens (tertiary/aromatic N) is 2. The number of benzene rings is 2. The SMILES string of the molecule is CN1CCN(CCCOc2ccc(C(=O)NCCCc3c[nH]c4ccc(Cl)cc34)cc2)CC1. The molecule has 2 N–H and O–H groups in total. The van der Waals surface area contributed by atoms with Crippen LogP contribution in [0.15, 0.2) is 48.7 Å². The molecular weight excluding hydrogens is 436 g/mol. The van der Waals surface area contributed by atoms with Crippen LogP contribution >= 0.6 is 11.6 Å². The Labute approximate surface area is 200 Å². The van der Waals surface area contributed by atoms with E-state index in [9.17, 15) is 4.79 Å². The van der Waals surface area contributed by atoms with Gasteiger partial charge in [0.1, 0.15) is 5.75 Å². The molecule has 0 saturated carbocycles. The number of halogens is 1. The lowest BCUT2D eigenvalue weighted by molar-refractivity contribution is 0.0953. The molecule has 1 saturated heterocycles. The number of ether oxygens (including phenoxy) is 1. The first-order valence-corrected chi connectivity index (χ1v) is 12.1. The summed E-state index contributed by atoms with van der Waals surface area (Å²) < 4.78 is 5.86. The molecule has 0 unspecified atom stereocenters. The summed E-state index contributed by atoms with van der Waals surface area (Å²) in [5.41, 5.74) is 2.95. The van der Waals surface area contributed by atoms with Crippen molar-refractivity contribution in [3.05, 3.63) is 64.8 Å². The summed E-state index contributed by atoms with van der Waals surface area (Å²) in [7, 11) is 2.17. The van der Waals surface area contributed by atoms with Crippen LogP contribution in [-0.4, -0.2) is 73.6 Å². The number of fused-ring (bicyclic) bond motifs is 1. The van der Waals surface area contributed by atoms with Crippen molar-refractivity contribution in [1.29, 1.82) is 0 Å². The molecule has 3 aromatic rings. The summed E-state index contributed by atoms with van der Waals surface area (Å²) >= 11 is 6.12. The Bertz CT molecular complexity index is 1040. The van der Waals surface area contributed by atoms with Crippen molar-refractivity contribution in [1.82, 2.24) is 20.1 Å². The maximum atomic E-state index is 12.4. The van der Waals surface area contributed by atoms with Crippen molar-refractivity contribution in [3.63, 3.8) is 0 Å². The van der Waals surface area contributed by atoms with Crippen molar-refractivity contribution >= 4 is 28.4 Å². The third-order valence-corrected chi connectivity index (χ3v) is 6.47. The summed E-state index contributed by atoms with van der Waals surface area (Å²) in [6, 6.07) is 13.3. The van der Waals surface area contributed by atoms with Gasteiger partial charge in [-0.1, -0.05) is 11.6 Å². The number of rotatable bonds is 10. The molecule has 2 aromatic carbocycles. The number of aryl methyl sites for hydroxylation is 1. The van der Waals surface area contributed by atoms with Crippen molar-refractivity contribution in [2.75, 3.05) is 52.9 Å². The van der Waals surface area contributed by atoms with Crippen LogP contribution in [0.1, 0.15) is 28.8 Å². The third-order valence-electron chi connectivity index (χ3n) is 6.24. The molecule has 1 aliphatic rings. The van der Waals surface area contributed by atoms with Crippen molar-refractivity contribution in [3.8, 4) is 5.75 Å². The van der Waals surface area contributed by atoms with Crippen LogP contribution in [-0.2, 0) is 6.42 Å². The van der Waals surface area contributed by atoms with E-state index in [1.165, 1.54) is 5.56 Å². The van der Waals surface area contributed by atoms with Crippen molar-refractivity contribution in [2.24, 2.45) is 0 Å². The van der Waals surface area contributed by atoms with Gasteiger partial charge in [0.2, 0.25) is 0 Å². The smallest absolute Gasteiger partial charge is 0.251 e. The molecule has 1 aromatic heterocycles. The number of H-pyrrole nitrogens is 1. The van der Waals surface area contributed by atoms with E-state index >= 15 is 0 Å². The Hall–Kier alpha value is -2.54. The zero-order valence-electron chi connectivity index (χ0n) is 19.3. The fraction of sp³-hybridized carbons (Fsp3) is 0.423. The van der Waals surface area contributed by atoms with Gasteiger partial charge in [-0.2, -0.15) is 0 Å². The van der Waals surface area contributed by atoms with E-state index in [1.807, 2.05) is 48.7 Å². The van der Waals surface area contributed by atoms with Crippen LogP contribution in [0.25, 0.3) is 10.9 Å². The van der Waals surface area contributed by atoms with Crippen LogP contribution < -0.4 is 10.1 Å². The molecule has 0 radical (unpaired) electrons. The van der Waals surface area contributed by atoms with Gasteiger partial charge in [-0.05, 0) is 74.3 Å². The Morgan fingerprint density at radius 3 is 2.67 bits per heavy atom. The lowest BCUT2D eigenvalue weighted by atomic mass is 10.1. The number of aromatic amines is 1. The normalized spacial score (nSPS) is 15.1. The van der Waals surface area contributed by atoms with Gasteiger partial charge in [0.25, 0.3) is 5.91 Å². The van der Waals surface area contributed by atoms with Gasteiger partial charge in [-0.3, -0.25) is 4.79 Å². The summed E-state index contributed by atoms with van der Waals surface area (Å²) in [5.74, 6) is 0.751. The van der Waals surface area contributed by atoms with Crippen LogP contribution in [0.4, 0.5) is 0 Å². The fourth-order valence-corrected chi connectivity index (χ4v) is 4.36. The molecule has 1 amide bonds. The number of likely N-dealkylation sites (N-methyl/N-ethyl adjacent to an activating group) is 1. The quantitative estimate of drug-likeness (QED) is 0.438. The highest BCUT2D eigenvalue weighted by atomic mass is 35.5. The average molecular weight is 469 g/mol. The number of carbonyl (C=O) groups is 1. The van der Waals surface area contributed by atoms with Crippen molar-refractivity contribution < 1.29 is 9.53 Å². The molecule has 176 valence electrons. The lowest BCUT2D eigenvalue weighted by Gasteiger charge is -2.32. The first kappa shape index (κ1) is 23.6. The summed E-state index contributed by atoms with van der Waals surface area (Å²) in [5, 5.41) is 4.89. The highest BCUT2D eigenvalue weighted by Crippen LogP contribution is 2.23. The molecule has 0 aliphatic carbocycles. The van der Waals surface area contributed by atoms with Gasteiger partial charge < -0.3 is 24.8 Å². The molecule has 1 fully saturated rings. The van der Waals surface area contributed by atoms with Gasteiger partial charge in [-0.25, -0.2) is 0 Å². The topological polar surface area (TPSA) is 60.6 Å². The first-order valence-electron chi connectivity index (χ1n) is 11.8. The second-order valence-corrected chi connectivity index (χ2v) is 9.17. The first-order chi connectivity index (χ1) is 16.1. The third kappa shape index (κ3) is 6.73. The second kappa shape index (κ2) is 11.5. The van der Waals surface area contributed by atoms with Crippen LogP contribution in [0.5, 0.6) is 5.75 Å². The van der Waals surface area contributed by atoms with Gasteiger partial charge in [0.05, 0.1) is 6.61 Å². The maximum absolute atomic E-state index is 12.4. The number of hydrogen-bond acceptors (Lipinski definition) is 4. The van der Waals surface area contributed by atoms with Gasteiger partial charge in [-0.15, -0.1) is 0 Å². The average Bonchev–Trinajstić information content (AvgIpc) is 3.23. The Morgan fingerprint density at radius 1 is 1.09 bits per heavy atom. The van der Waals surface area contributed by atoms with E-state index in [2.05, 4.69) is 27.1 Å². The summed E-state index contributed by atoms with van der Waals surface area (Å²) in [4.78, 5) is 20.6. The Balaban J connectivity index is 1.14. The largest absolute Gasteiger partial charge is 0.494 e. The predicted octanol–water partition coefficient (Wildman–Crippen LogP) is 4.20. The molecule has 0 bridgehead atoms. The molecule has 0 spiro atoms. The zero-order chi connectivity index (χ0) is 23.0. The van der Waals surface area contributed by atoms with Gasteiger partial charge in [0, 0.05) is 67.0 Å². The summed E-state index contributed by atoms with van der Waals surface area (Å²) in [6.45, 7) is 6.94. The van der Waals surface area contributed by atoms with E-state index in [1.54, 1.807) is 0 Å². The molecule has 6 nitrogen and oxygen atoms in total. The highest BCUT2D eigenvalue weighted by molar-refractivity contribution is 6.31. The number of carbonyl (C=O) groups excluding carboxylic acids is 1. The molecule has 0 atom stereocenters. The Kier molecular flexibility index (Phi) is 8.26. The number of aromatic nitrogens is 1. The second-order valence-electron chi connectivity index (χ2n) is 8.73.